The van der Waals surface area contributed by atoms with Crippen LogP contribution in [0.1, 0.15) is 26.2 Å². The maximum Gasteiger partial charge on any atom is 0.243 e. The number of hydrogen-bond acceptors (Lipinski definition) is 9. The van der Waals surface area contributed by atoms with Crippen LogP contribution in [0, 0.1) is 0 Å². The number of hydrogen-bond donors (Lipinski definition) is 3. The van der Waals surface area contributed by atoms with Crippen molar-refractivity contribution in [3.63, 3.8) is 0 Å². The fourth-order valence-corrected chi connectivity index (χ4v) is 7.78. The van der Waals surface area contributed by atoms with E-state index < -0.39 is 31.8 Å². The molecule has 5 rings (SSSR count). The molecule has 0 radical (unpaired) electrons. The van der Waals surface area contributed by atoms with Gasteiger partial charge in [0.2, 0.25) is 20.0 Å². The maximum absolute atomic E-state index is 13.5. The van der Waals surface area contributed by atoms with Crippen molar-refractivity contribution in [3.05, 3.63) is 60.9 Å². The summed E-state index contributed by atoms with van der Waals surface area (Å²) in [7, 11) is -5.92. The summed E-state index contributed by atoms with van der Waals surface area (Å²) in [5.41, 5.74) is 1.28. The maximum atomic E-state index is 13.5. The van der Waals surface area contributed by atoms with Crippen molar-refractivity contribution in [3.8, 4) is 16.9 Å². The van der Waals surface area contributed by atoms with E-state index in [0.717, 1.165) is 24.1 Å². The molecule has 2 unspecified atom stereocenters. The Hall–Kier alpha value is -2.85. The molecule has 12 nitrogen and oxygen atoms in total. The van der Waals surface area contributed by atoms with Crippen molar-refractivity contribution in [1.29, 1.82) is 0 Å². The first-order valence-corrected chi connectivity index (χ1v) is 17.3. The van der Waals surface area contributed by atoms with Crippen LogP contribution in [0.5, 0.6) is 5.75 Å². The molecule has 2 aromatic carbocycles. The average molecular weight is 634 g/mol. The lowest BCUT2D eigenvalue weighted by molar-refractivity contribution is -0.0312. The van der Waals surface area contributed by atoms with E-state index in [1.54, 1.807) is 41.2 Å². The lowest BCUT2D eigenvalue weighted by Gasteiger charge is -2.38. The van der Waals surface area contributed by atoms with E-state index in [9.17, 15) is 21.9 Å². The zero-order valence-electron chi connectivity index (χ0n) is 24.3. The third-order valence-electron chi connectivity index (χ3n) is 8.07. The fraction of sp³-hybridized carbons (Fsp3) is 0.483. The lowest BCUT2D eigenvalue weighted by Crippen LogP contribution is -2.47. The number of aliphatic hydroxyl groups is 1. The Morgan fingerprint density at radius 2 is 1.84 bits per heavy atom. The van der Waals surface area contributed by atoms with E-state index in [0.29, 0.717) is 38.3 Å². The number of aromatic nitrogens is 2. The number of aliphatic hydroxyl groups excluding tert-OH is 1. The summed E-state index contributed by atoms with van der Waals surface area (Å²) >= 11 is 0. The number of nitrogens with zero attached hydrogens (tertiary/aromatic N) is 3. The Morgan fingerprint density at radius 1 is 1.09 bits per heavy atom. The summed E-state index contributed by atoms with van der Waals surface area (Å²) in [6.07, 6.45) is 4.72. The molecule has 0 amide bonds. The van der Waals surface area contributed by atoms with E-state index in [4.69, 9.17) is 9.47 Å². The van der Waals surface area contributed by atoms with Crippen molar-refractivity contribution < 1.29 is 31.4 Å². The van der Waals surface area contributed by atoms with Gasteiger partial charge in [-0.2, -0.15) is 9.40 Å². The first-order chi connectivity index (χ1) is 20.5. The summed E-state index contributed by atoms with van der Waals surface area (Å²) in [4.78, 5) is 0.352. The number of sulfonamides is 2. The van der Waals surface area contributed by atoms with E-state index in [1.807, 2.05) is 19.2 Å². The monoisotopic (exact) mass is 633 g/mol. The second kappa shape index (κ2) is 13.0. The molecule has 0 saturated carbocycles. The molecule has 3 heterocycles. The topological polar surface area (TPSA) is 152 Å². The van der Waals surface area contributed by atoms with Gasteiger partial charge >= 0.3 is 0 Å². The van der Waals surface area contributed by atoms with Crippen LogP contribution in [0.4, 0.5) is 0 Å². The van der Waals surface area contributed by atoms with Crippen LogP contribution in [-0.2, 0) is 31.3 Å². The molecule has 3 aromatic rings. The van der Waals surface area contributed by atoms with Gasteiger partial charge in [-0.05, 0) is 63.1 Å². The van der Waals surface area contributed by atoms with Crippen LogP contribution in [0.2, 0.25) is 0 Å². The van der Waals surface area contributed by atoms with Crippen LogP contribution in [-0.4, -0.2) is 93.7 Å². The molecule has 2 aliphatic heterocycles. The largest absolute Gasteiger partial charge is 0.491 e. The van der Waals surface area contributed by atoms with Crippen LogP contribution < -0.4 is 14.8 Å². The van der Waals surface area contributed by atoms with E-state index in [1.165, 1.54) is 23.5 Å². The van der Waals surface area contributed by atoms with Crippen molar-refractivity contribution in [2.45, 2.75) is 60.3 Å². The minimum atomic E-state index is -3.66. The first kappa shape index (κ1) is 31.6. The Morgan fingerprint density at radius 3 is 2.56 bits per heavy atom. The standard InChI is InChI=1S/C29H39N5O7S2/c1-3-33-19-23(17-32-33)22-6-4-9-28(14-22)43(38,39)34-12-10-29(11-13-34)16-24(20-41-29)31-18-25(35)21-40-26-7-5-8-27(15-26)42(36,37)30-2/h4-9,14-15,17,19,24-25,30-31,35H,3,10-13,16,18,20-21H2,1-2H3. The van der Waals surface area contributed by atoms with Crippen molar-refractivity contribution in [2.75, 3.05) is 39.9 Å². The molecular formula is C29H39N5O7S2. The van der Waals surface area contributed by atoms with Gasteiger partial charge in [0, 0.05) is 50.0 Å². The Balaban J connectivity index is 1.10. The predicted octanol–water partition coefficient (Wildman–Crippen LogP) is 1.82. The molecule has 14 heteroatoms. The van der Waals surface area contributed by atoms with Crippen molar-refractivity contribution in [1.82, 2.24) is 24.1 Å². The SMILES string of the molecule is CCn1cc(-c2cccc(S(=O)(=O)N3CCC4(CC3)CC(NCC(O)COc3cccc(S(=O)(=O)NC)c3)CO4)c2)cn1. The highest BCUT2D eigenvalue weighted by Crippen LogP contribution is 2.37. The third-order valence-corrected chi connectivity index (χ3v) is 11.4. The molecule has 1 aromatic heterocycles. The third kappa shape index (κ3) is 7.28. The molecule has 43 heavy (non-hydrogen) atoms. The smallest absolute Gasteiger partial charge is 0.243 e. The number of benzene rings is 2. The summed E-state index contributed by atoms with van der Waals surface area (Å²) in [6.45, 7) is 4.20. The van der Waals surface area contributed by atoms with Crippen LogP contribution >= 0.6 is 0 Å². The predicted molar refractivity (Wildman–Crippen MR) is 161 cm³/mol. The van der Waals surface area contributed by atoms with Gasteiger partial charge in [-0.1, -0.05) is 18.2 Å². The minimum absolute atomic E-state index is 0.0102. The van der Waals surface area contributed by atoms with Crippen LogP contribution in [0.25, 0.3) is 11.1 Å². The summed E-state index contributed by atoms with van der Waals surface area (Å²) < 4.78 is 68.4. The second-order valence-electron chi connectivity index (χ2n) is 11.0. The molecule has 0 aliphatic carbocycles. The molecule has 1 spiro atoms. The molecule has 2 saturated heterocycles. The highest BCUT2D eigenvalue weighted by molar-refractivity contribution is 7.89. The van der Waals surface area contributed by atoms with Gasteiger partial charge in [-0.25, -0.2) is 21.6 Å². The lowest BCUT2D eigenvalue weighted by atomic mass is 9.88. The van der Waals surface area contributed by atoms with Gasteiger partial charge in [0.25, 0.3) is 0 Å². The molecule has 0 bridgehead atoms. The summed E-state index contributed by atoms with van der Waals surface area (Å²) in [5, 5.41) is 18.1. The Bertz CT molecular complexity index is 1620. The number of aryl methyl sites for hydroxylation is 1. The second-order valence-corrected chi connectivity index (χ2v) is 14.8. The molecular weight excluding hydrogens is 594 g/mol. The summed E-state index contributed by atoms with van der Waals surface area (Å²) in [5.74, 6) is 0.347. The molecule has 234 valence electrons. The van der Waals surface area contributed by atoms with Gasteiger partial charge < -0.3 is 19.9 Å². The van der Waals surface area contributed by atoms with Gasteiger partial charge in [0.15, 0.2) is 0 Å². The summed E-state index contributed by atoms with van der Waals surface area (Å²) in [6, 6.07) is 13.1. The molecule has 2 atom stereocenters. The zero-order valence-corrected chi connectivity index (χ0v) is 26.0. The first-order valence-electron chi connectivity index (χ1n) is 14.4. The van der Waals surface area contributed by atoms with Crippen LogP contribution in [0.3, 0.4) is 0 Å². The minimum Gasteiger partial charge on any atom is -0.491 e. The van der Waals surface area contributed by atoms with Gasteiger partial charge in [0.1, 0.15) is 18.5 Å². The van der Waals surface area contributed by atoms with Gasteiger partial charge in [0.05, 0.1) is 28.2 Å². The van der Waals surface area contributed by atoms with E-state index >= 15 is 0 Å². The van der Waals surface area contributed by atoms with Crippen LogP contribution in [0.15, 0.2) is 70.7 Å². The molecule has 3 N–H and O–H groups in total. The van der Waals surface area contributed by atoms with Gasteiger partial charge in [-0.3, -0.25) is 4.68 Å². The zero-order chi connectivity index (χ0) is 30.7. The highest BCUT2D eigenvalue weighted by Gasteiger charge is 2.44. The fourth-order valence-electron chi connectivity index (χ4n) is 5.53. The molecule has 2 fully saturated rings. The van der Waals surface area contributed by atoms with Gasteiger partial charge in [-0.15, -0.1) is 0 Å². The normalized spacial score (nSPS) is 19.9. The van der Waals surface area contributed by atoms with Crippen molar-refractivity contribution in [2.24, 2.45) is 0 Å². The highest BCUT2D eigenvalue weighted by atomic mass is 32.2. The number of piperidine rings is 1. The Labute approximate surface area is 253 Å². The quantitative estimate of drug-likeness (QED) is 0.271. The van der Waals surface area contributed by atoms with Crippen molar-refractivity contribution >= 4 is 20.0 Å². The number of ether oxygens (including phenoxy) is 2. The molecule has 2 aliphatic rings. The Kier molecular flexibility index (Phi) is 9.56. The number of nitrogens with one attached hydrogen (secondary N) is 2. The number of rotatable bonds is 12. The van der Waals surface area contributed by atoms with E-state index in [-0.39, 0.29) is 29.0 Å². The average Bonchev–Trinajstić information content (AvgIpc) is 3.67. The van der Waals surface area contributed by atoms with E-state index in [2.05, 4.69) is 15.1 Å².